The smallest absolute Gasteiger partial charge is 0.0745 e. The number of aliphatic hydroxyl groups is 1. The molecule has 4 atom stereocenters. The molecule has 1 saturated heterocycles. The van der Waals surface area contributed by atoms with E-state index in [-0.39, 0.29) is 9.07 Å². The predicted octanol–water partition coefficient (Wildman–Crippen LogP) is 3.40. The normalized spacial score (nSPS) is 61.3. The molecule has 1 saturated carbocycles. The molecule has 1 aliphatic carbocycles. The maximum absolute atomic E-state index is 9.23. The van der Waals surface area contributed by atoms with Gasteiger partial charge in [0.05, 0.1) is 3.66 Å². The van der Waals surface area contributed by atoms with Crippen LogP contribution >= 0.6 is 27.7 Å². The van der Waals surface area contributed by atoms with Crippen molar-refractivity contribution in [3.63, 3.8) is 0 Å². The second-order valence-electron chi connectivity index (χ2n) is 5.56. The van der Waals surface area contributed by atoms with E-state index in [1.165, 1.54) is 6.42 Å². The van der Waals surface area contributed by atoms with Crippen LogP contribution in [-0.2, 0) is 0 Å². The lowest BCUT2D eigenvalue weighted by Crippen LogP contribution is -2.40. The van der Waals surface area contributed by atoms with Gasteiger partial charge in [-0.15, -0.1) is 11.8 Å². The number of fused-ring (bicyclic) bond motifs is 1. The van der Waals surface area contributed by atoms with E-state index in [4.69, 9.17) is 0 Å². The van der Waals surface area contributed by atoms with E-state index < -0.39 is 0 Å². The van der Waals surface area contributed by atoms with Crippen molar-refractivity contribution in [3.05, 3.63) is 0 Å². The van der Waals surface area contributed by atoms with Crippen LogP contribution in [0.1, 0.15) is 40.5 Å². The van der Waals surface area contributed by atoms with Gasteiger partial charge in [0.25, 0.3) is 0 Å². The van der Waals surface area contributed by atoms with Crippen LogP contribution in [0.3, 0.4) is 0 Å². The van der Waals surface area contributed by atoms with Crippen molar-refractivity contribution >= 4 is 27.7 Å². The highest BCUT2D eigenvalue weighted by molar-refractivity contribution is 9.12. The SMILES string of the molecule is C[C@]1(CCO)[C@@]2(C)C[C@]2(C)S[C@]1(C)Br. The number of hydrogen-bond donors (Lipinski definition) is 1. The number of halogens is 1. The fourth-order valence-corrected chi connectivity index (χ4v) is 7.23. The summed E-state index contributed by atoms with van der Waals surface area (Å²) in [5, 5.41) is 9.23. The molecule has 0 spiro atoms. The molecule has 0 aromatic carbocycles. The molecule has 1 aliphatic heterocycles. The topological polar surface area (TPSA) is 20.2 Å². The summed E-state index contributed by atoms with van der Waals surface area (Å²) < 4.78 is 0.541. The van der Waals surface area contributed by atoms with Gasteiger partial charge in [0.2, 0.25) is 0 Å². The molecule has 0 aromatic rings. The van der Waals surface area contributed by atoms with Crippen LogP contribution in [0.25, 0.3) is 0 Å². The van der Waals surface area contributed by atoms with Crippen molar-refractivity contribution in [3.8, 4) is 0 Å². The van der Waals surface area contributed by atoms with Crippen molar-refractivity contribution in [1.82, 2.24) is 0 Å². The van der Waals surface area contributed by atoms with Crippen molar-refractivity contribution < 1.29 is 5.11 Å². The third-order valence-corrected chi connectivity index (χ3v) is 8.21. The highest BCUT2D eigenvalue weighted by Crippen LogP contribution is 2.85. The van der Waals surface area contributed by atoms with Crippen LogP contribution in [0.5, 0.6) is 0 Å². The molecule has 0 unspecified atom stereocenters. The first kappa shape index (κ1) is 11.3. The third kappa shape index (κ3) is 1.02. The molecule has 82 valence electrons. The van der Waals surface area contributed by atoms with Gasteiger partial charge in [-0.3, -0.25) is 0 Å². The Morgan fingerprint density at radius 3 is 2.21 bits per heavy atom. The first-order valence-corrected chi connectivity index (χ1v) is 6.83. The van der Waals surface area contributed by atoms with Gasteiger partial charge in [-0.2, -0.15) is 0 Å². The number of thioether (sulfide) groups is 1. The zero-order valence-electron chi connectivity index (χ0n) is 9.35. The largest absolute Gasteiger partial charge is 0.396 e. The van der Waals surface area contributed by atoms with E-state index in [1.54, 1.807) is 0 Å². The standard InChI is InChI=1S/C11H19BrOS/c1-8(5-6-13)9(2)7-10(9,3)14-11(8,4)12/h13H,5-7H2,1-4H3/t8-,9+,10-,11-/m0/s1. The quantitative estimate of drug-likeness (QED) is 0.782. The molecule has 1 nitrogen and oxygen atoms in total. The van der Waals surface area contributed by atoms with E-state index in [2.05, 4.69) is 55.4 Å². The van der Waals surface area contributed by atoms with E-state index >= 15 is 0 Å². The maximum Gasteiger partial charge on any atom is 0.0745 e. The fourth-order valence-electron chi connectivity index (χ4n) is 3.31. The monoisotopic (exact) mass is 278 g/mol. The van der Waals surface area contributed by atoms with Crippen LogP contribution in [0.4, 0.5) is 0 Å². The predicted molar refractivity (Wildman–Crippen MR) is 65.9 cm³/mol. The average molecular weight is 279 g/mol. The van der Waals surface area contributed by atoms with Gasteiger partial charge in [-0.1, -0.05) is 29.8 Å². The molecule has 1 heterocycles. The van der Waals surface area contributed by atoms with Gasteiger partial charge in [0, 0.05) is 16.8 Å². The minimum Gasteiger partial charge on any atom is -0.396 e. The molecule has 2 rings (SSSR count). The summed E-state index contributed by atoms with van der Waals surface area (Å²) in [6.07, 6.45) is 2.19. The number of alkyl halides is 1. The van der Waals surface area contributed by atoms with Gasteiger partial charge < -0.3 is 5.11 Å². The molecule has 3 heteroatoms. The van der Waals surface area contributed by atoms with E-state index in [0.717, 1.165) is 6.42 Å². The Bertz CT molecular complexity index is 280. The van der Waals surface area contributed by atoms with Crippen molar-refractivity contribution in [2.75, 3.05) is 6.61 Å². The van der Waals surface area contributed by atoms with Crippen LogP contribution in [0.2, 0.25) is 0 Å². The first-order chi connectivity index (χ1) is 6.22. The van der Waals surface area contributed by atoms with Gasteiger partial charge in [0.1, 0.15) is 0 Å². The average Bonchev–Trinajstić information content (AvgIpc) is 2.49. The Morgan fingerprint density at radius 1 is 1.29 bits per heavy atom. The van der Waals surface area contributed by atoms with Crippen molar-refractivity contribution in [2.24, 2.45) is 10.8 Å². The van der Waals surface area contributed by atoms with Crippen LogP contribution < -0.4 is 0 Å². The molecule has 2 fully saturated rings. The Labute approximate surface area is 99.2 Å². The maximum atomic E-state index is 9.23. The fraction of sp³-hybridized carbons (Fsp3) is 1.00. The second-order valence-corrected chi connectivity index (χ2v) is 9.60. The molecular formula is C11H19BrOS. The van der Waals surface area contributed by atoms with Gasteiger partial charge in [-0.05, 0) is 32.1 Å². The van der Waals surface area contributed by atoms with Crippen LogP contribution in [0, 0.1) is 10.8 Å². The molecule has 0 aromatic heterocycles. The summed E-state index contributed by atoms with van der Waals surface area (Å²) in [6, 6.07) is 0. The molecule has 2 aliphatic rings. The summed E-state index contributed by atoms with van der Waals surface area (Å²) in [4.78, 5) is 0. The molecular weight excluding hydrogens is 260 g/mol. The Kier molecular flexibility index (Phi) is 2.19. The Hall–Kier alpha value is 0.790. The summed E-state index contributed by atoms with van der Waals surface area (Å²) in [6.45, 7) is 9.62. The van der Waals surface area contributed by atoms with Crippen molar-refractivity contribution in [2.45, 2.75) is 48.9 Å². The number of hydrogen-bond acceptors (Lipinski definition) is 2. The zero-order chi connectivity index (χ0) is 10.8. The van der Waals surface area contributed by atoms with E-state index in [1.807, 2.05) is 0 Å². The van der Waals surface area contributed by atoms with Crippen LogP contribution in [0.15, 0.2) is 0 Å². The first-order valence-electron chi connectivity index (χ1n) is 5.22. The lowest BCUT2D eigenvalue weighted by molar-refractivity contribution is 0.116. The zero-order valence-corrected chi connectivity index (χ0v) is 11.8. The summed E-state index contributed by atoms with van der Waals surface area (Å²) in [5.74, 6) is 0. The lowest BCUT2D eigenvalue weighted by Gasteiger charge is -2.42. The minimum atomic E-state index is 0.116. The van der Waals surface area contributed by atoms with Crippen molar-refractivity contribution in [1.29, 1.82) is 0 Å². The highest BCUT2D eigenvalue weighted by Gasteiger charge is 2.80. The molecule has 0 bridgehead atoms. The molecule has 14 heavy (non-hydrogen) atoms. The summed E-state index contributed by atoms with van der Waals surface area (Å²) in [5.41, 5.74) is 0.597. The summed E-state index contributed by atoms with van der Waals surface area (Å²) in [7, 11) is 0. The van der Waals surface area contributed by atoms with Gasteiger partial charge in [-0.25, -0.2) is 0 Å². The third-order valence-electron chi connectivity index (χ3n) is 4.97. The Balaban J connectivity index is 2.38. The van der Waals surface area contributed by atoms with Crippen LogP contribution in [-0.4, -0.2) is 20.1 Å². The van der Waals surface area contributed by atoms with E-state index in [0.29, 0.717) is 16.8 Å². The highest BCUT2D eigenvalue weighted by atomic mass is 79.9. The molecule has 0 radical (unpaired) electrons. The second kappa shape index (κ2) is 2.72. The lowest BCUT2D eigenvalue weighted by atomic mass is 9.69. The van der Waals surface area contributed by atoms with E-state index in [9.17, 15) is 5.11 Å². The summed E-state index contributed by atoms with van der Waals surface area (Å²) >= 11 is 5.91. The number of rotatable bonds is 2. The van der Waals surface area contributed by atoms with Gasteiger partial charge in [0.15, 0.2) is 0 Å². The number of aliphatic hydroxyl groups excluding tert-OH is 1. The molecule has 1 N–H and O–H groups in total. The van der Waals surface area contributed by atoms with Gasteiger partial charge >= 0.3 is 0 Å². The Morgan fingerprint density at radius 2 is 1.86 bits per heavy atom. The molecule has 0 amide bonds. The minimum absolute atomic E-state index is 0.116.